The van der Waals surface area contributed by atoms with Crippen molar-refractivity contribution in [2.24, 2.45) is 0 Å². The Kier molecular flexibility index (Phi) is 3.58. The van der Waals surface area contributed by atoms with Crippen LogP contribution in [0.5, 0.6) is 5.75 Å². The van der Waals surface area contributed by atoms with Gasteiger partial charge in [-0.1, -0.05) is 48.5 Å². The monoisotopic (exact) mass is 290 g/mol. The predicted octanol–water partition coefficient (Wildman–Crippen LogP) is 3.18. The highest BCUT2D eigenvalue weighted by Gasteiger charge is 2.10. The summed E-state index contributed by atoms with van der Waals surface area (Å²) in [5.41, 5.74) is 2.27. The van der Waals surface area contributed by atoms with E-state index in [1.807, 2.05) is 6.07 Å². The van der Waals surface area contributed by atoms with Gasteiger partial charge in [-0.2, -0.15) is 0 Å². The van der Waals surface area contributed by atoms with E-state index in [1.165, 1.54) is 12.1 Å². The van der Waals surface area contributed by atoms with Gasteiger partial charge in [0, 0.05) is 5.39 Å². The van der Waals surface area contributed by atoms with Crippen molar-refractivity contribution in [1.29, 1.82) is 0 Å². The number of para-hydroxylation sites is 1. The van der Waals surface area contributed by atoms with Gasteiger partial charge < -0.3 is 10.2 Å². The largest absolute Gasteiger partial charge is 0.872 e. The standard InChI is InChI=1S/C18H13NO3/c20-14-9-6-12(7-10-14)5-8-13-11-16(18(21)22)15-3-1-2-4-17(15)19-13/h1-11,20H,(H,21,22)/p-1/b8-5+. The number of carboxylic acids is 1. The SMILES string of the molecule is O=C(O)c1cc(/C=C/c2ccc([O-])cc2)nc2ccccc12. The van der Waals surface area contributed by atoms with Crippen LogP contribution in [0.15, 0.2) is 54.6 Å². The van der Waals surface area contributed by atoms with Gasteiger partial charge >= 0.3 is 5.97 Å². The lowest BCUT2D eigenvalue weighted by Gasteiger charge is -2.05. The fraction of sp³-hybridized carbons (Fsp3) is 0. The van der Waals surface area contributed by atoms with Crippen molar-refractivity contribution in [3.63, 3.8) is 0 Å². The fourth-order valence-electron chi connectivity index (χ4n) is 2.22. The number of rotatable bonds is 3. The summed E-state index contributed by atoms with van der Waals surface area (Å²) in [5, 5.41) is 21.0. The Hall–Kier alpha value is -3.14. The summed E-state index contributed by atoms with van der Waals surface area (Å²) in [4.78, 5) is 15.8. The van der Waals surface area contributed by atoms with E-state index in [0.717, 1.165) is 5.56 Å². The number of hydrogen-bond acceptors (Lipinski definition) is 3. The van der Waals surface area contributed by atoms with Crippen LogP contribution >= 0.6 is 0 Å². The number of nitrogens with zero attached hydrogens (tertiary/aromatic N) is 1. The van der Waals surface area contributed by atoms with Gasteiger partial charge in [0.25, 0.3) is 0 Å². The molecule has 1 aromatic heterocycles. The molecule has 4 nitrogen and oxygen atoms in total. The minimum absolute atomic E-state index is 0.0471. The maximum absolute atomic E-state index is 11.4. The van der Waals surface area contributed by atoms with Gasteiger partial charge in [0.05, 0.1) is 16.8 Å². The lowest BCUT2D eigenvalue weighted by Crippen LogP contribution is -2.00. The molecule has 22 heavy (non-hydrogen) atoms. The summed E-state index contributed by atoms with van der Waals surface area (Å²) in [5.74, 6) is -1.03. The first-order valence-electron chi connectivity index (χ1n) is 6.72. The van der Waals surface area contributed by atoms with Gasteiger partial charge in [0.2, 0.25) is 0 Å². The molecule has 0 aliphatic heterocycles. The molecule has 0 bridgehead atoms. The molecule has 0 fully saturated rings. The third kappa shape index (κ3) is 2.81. The van der Waals surface area contributed by atoms with Crippen LogP contribution < -0.4 is 5.11 Å². The second-order valence-electron chi connectivity index (χ2n) is 4.82. The third-order valence-corrected chi connectivity index (χ3v) is 3.29. The lowest BCUT2D eigenvalue weighted by atomic mass is 10.1. The quantitative estimate of drug-likeness (QED) is 0.804. The average Bonchev–Trinajstić information content (AvgIpc) is 2.53. The highest BCUT2D eigenvalue weighted by molar-refractivity contribution is 6.03. The molecule has 2 aromatic carbocycles. The van der Waals surface area contributed by atoms with Gasteiger partial charge in [-0.15, -0.1) is 5.75 Å². The van der Waals surface area contributed by atoms with Crippen molar-refractivity contribution >= 4 is 29.0 Å². The maximum Gasteiger partial charge on any atom is 0.336 e. The molecule has 1 N–H and O–H groups in total. The summed E-state index contributed by atoms with van der Waals surface area (Å²) in [7, 11) is 0. The van der Waals surface area contributed by atoms with Crippen LogP contribution in [0.4, 0.5) is 0 Å². The molecule has 0 spiro atoms. The molecule has 3 rings (SSSR count). The number of aromatic nitrogens is 1. The molecule has 0 saturated carbocycles. The Morgan fingerprint density at radius 2 is 1.77 bits per heavy atom. The first-order chi connectivity index (χ1) is 10.6. The van der Waals surface area contributed by atoms with E-state index in [0.29, 0.717) is 16.6 Å². The summed E-state index contributed by atoms with van der Waals surface area (Å²) in [6, 6.07) is 15.1. The molecule has 0 aliphatic rings. The topological polar surface area (TPSA) is 73.2 Å². The van der Waals surface area contributed by atoms with E-state index in [1.54, 1.807) is 48.6 Å². The first-order valence-corrected chi connectivity index (χ1v) is 6.72. The van der Waals surface area contributed by atoms with Gasteiger partial charge in [0.15, 0.2) is 0 Å². The van der Waals surface area contributed by atoms with E-state index in [2.05, 4.69) is 4.98 Å². The number of aromatic carboxylic acids is 1. The summed E-state index contributed by atoms with van der Waals surface area (Å²) in [6.07, 6.45) is 3.53. The van der Waals surface area contributed by atoms with Gasteiger partial charge in [-0.3, -0.25) is 0 Å². The molecule has 0 aliphatic carbocycles. The lowest BCUT2D eigenvalue weighted by molar-refractivity contribution is -0.268. The van der Waals surface area contributed by atoms with Crippen LogP contribution in [0, 0.1) is 0 Å². The third-order valence-electron chi connectivity index (χ3n) is 3.29. The number of hydrogen-bond donors (Lipinski definition) is 1. The molecule has 0 saturated heterocycles. The normalized spacial score (nSPS) is 11.1. The summed E-state index contributed by atoms with van der Waals surface area (Å²) in [6.45, 7) is 0. The number of carbonyl (C=O) groups is 1. The second kappa shape index (κ2) is 5.69. The van der Waals surface area contributed by atoms with Crippen molar-refractivity contribution in [3.8, 4) is 5.75 Å². The number of pyridine rings is 1. The Morgan fingerprint density at radius 1 is 1.05 bits per heavy atom. The van der Waals surface area contributed by atoms with Crippen molar-refractivity contribution in [2.45, 2.75) is 0 Å². The molecule has 0 unspecified atom stereocenters. The number of benzene rings is 2. The van der Waals surface area contributed by atoms with Gasteiger partial charge in [-0.25, -0.2) is 9.78 Å². The van der Waals surface area contributed by atoms with Crippen molar-refractivity contribution in [1.82, 2.24) is 4.98 Å². The minimum atomic E-state index is -0.982. The zero-order valence-electron chi connectivity index (χ0n) is 11.6. The smallest absolute Gasteiger partial charge is 0.336 e. The number of fused-ring (bicyclic) bond motifs is 1. The molecule has 0 amide bonds. The molecule has 108 valence electrons. The molecule has 4 heteroatoms. The van der Waals surface area contributed by atoms with Gasteiger partial charge in [0.1, 0.15) is 0 Å². The maximum atomic E-state index is 11.4. The van der Waals surface area contributed by atoms with E-state index in [-0.39, 0.29) is 11.3 Å². The van der Waals surface area contributed by atoms with Crippen LogP contribution in [0.3, 0.4) is 0 Å². The van der Waals surface area contributed by atoms with Crippen LogP contribution in [0.1, 0.15) is 21.6 Å². The van der Waals surface area contributed by atoms with Crippen LogP contribution in [-0.2, 0) is 0 Å². The van der Waals surface area contributed by atoms with Crippen molar-refractivity contribution < 1.29 is 15.0 Å². The molecule has 3 aromatic rings. The van der Waals surface area contributed by atoms with Crippen molar-refractivity contribution in [2.75, 3.05) is 0 Å². The Labute approximate surface area is 127 Å². The van der Waals surface area contributed by atoms with E-state index in [4.69, 9.17) is 0 Å². The summed E-state index contributed by atoms with van der Waals surface area (Å²) < 4.78 is 0. The Bertz CT molecular complexity index is 867. The van der Waals surface area contributed by atoms with Crippen molar-refractivity contribution in [3.05, 3.63) is 71.4 Å². The Morgan fingerprint density at radius 3 is 2.50 bits per heavy atom. The second-order valence-corrected chi connectivity index (χ2v) is 4.82. The zero-order chi connectivity index (χ0) is 15.5. The molecular formula is C18H12NO3-. The number of carboxylic acid groups (broad SMARTS) is 1. The predicted molar refractivity (Wildman–Crippen MR) is 83.5 cm³/mol. The molecule has 0 atom stereocenters. The van der Waals surface area contributed by atoms with Crippen LogP contribution in [0.25, 0.3) is 23.1 Å². The molecule has 1 heterocycles. The Balaban J connectivity index is 2.04. The van der Waals surface area contributed by atoms with E-state index >= 15 is 0 Å². The highest BCUT2D eigenvalue weighted by Crippen LogP contribution is 2.20. The van der Waals surface area contributed by atoms with Gasteiger partial charge in [-0.05, 0) is 23.8 Å². The fourth-order valence-corrected chi connectivity index (χ4v) is 2.22. The van der Waals surface area contributed by atoms with Crippen LogP contribution in [-0.4, -0.2) is 16.1 Å². The summed E-state index contributed by atoms with van der Waals surface area (Å²) >= 11 is 0. The molecule has 0 radical (unpaired) electrons. The van der Waals surface area contributed by atoms with Crippen LogP contribution in [0.2, 0.25) is 0 Å². The minimum Gasteiger partial charge on any atom is -0.872 e. The zero-order valence-corrected chi connectivity index (χ0v) is 11.6. The van der Waals surface area contributed by atoms with E-state index < -0.39 is 5.97 Å². The average molecular weight is 290 g/mol. The highest BCUT2D eigenvalue weighted by atomic mass is 16.4. The molecular weight excluding hydrogens is 278 g/mol. The van der Waals surface area contributed by atoms with E-state index in [9.17, 15) is 15.0 Å². The first kappa shape index (κ1) is 13.8.